The highest BCUT2D eigenvalue weighted by molar-refractivity contribution is 6.44. The van der Waals surface area contributed by atoms with Crippen molar-refractivity contribution >= 4 is 122 Å². The maximum absolute atomic E-state index is 16.8. The number of aryl methyl sites for hydroxylation is 2. The fourth-order valence-electron chi connectivity index (χ4n) is 8.72. The van der Waals surface area contributed by atoms with E-state index in [1.807, 2.05) is 69.8 Å². The van der Waals surface area contributed by atoms with Gasteiger partial charge in [-0.15, -0.1) is 0 Å². The third kappa shape index (κ3) is 3.73. The van der Waals surface area contributed by atoms with E-state index in [0.717, 1.165) is 87.2 Å². The second-order valence-electron chi connectivity index (χ2n) is 13.6. The molecule has 11 rings (SSSR count). The number of fused-ring (bicyclic) bond motifs is 12. The molecule has 0 saturated carbocycles. The smallest absolute Gasteiger partial charge is 0.164 e. The van der Waals surface area contributed by atoms with Crippen LogP contribution in [0.15, 0.2) is 121 Å². The molecule has 0 spiro atoms. The molecule has 0 fully saturated rings. The Balaban J connectivity index is 1.30. The van der Waals surface area contributed by atoms with Gasteiger partial charge in [0.05, 0.1) is 38.5 Å². The average Bonchev–Trinajstić information content (AvgIpc) is 3.85. The van der Waals surface area contributed by atoms with Gasteiger partial charge in [-0.1, -0.05) is 108 Å². The molecule has 4 nitrogen and oxygen atoms in total. The minimum atomic E-state index is -0.730. The van der Waals surface area contributed by atoms with Gasteiger partial charge in [0.25, 0.3) is 0 Å². The molecule has 7 aromatic carbocycles. The average molecular weight is 736 g/mol. The molecular weight excluding hydrogens is 710 g/mol. The summed E-state index contributed by atoms with van der Waals surface area (Å²) in [5.74, 6) is -0.730. The Morgan fingerprint density at radius 1 is 0.365 bits per heavy atom. The lowest BCUT2D eigenvalue weighted by atomic mass is 10.1. The predicted molar refractivity (Wildman–Crippen MR) is 218 cm³/mol. The fourth-order valence-corrected chi connectivity index (χ4v) is 9.77. The number of para-hydroxylation sites is 4. The van der Waals surface area contributed by atoms with Crippen molar-refractivity contribution in [3.63, 3.8) is 0 Å². The summed E-state index contributed by atoms with van der Waals surface area (Å²) >= 11 is 21.7. The van der Waals surface area contributed by atoms with Crippen LogP contribution < -0.4 is 0 Å². The number of aromatic nitrogens is 4. The first-order chi connectivity index (χ1) is 25.3. The van der Waals surface area contributed by atoms with E-state index in [1.54, 1.807) is 0 Å². The van der Waals surface area contributed by atoms with Gasteiger partial charge in [-0.3, -0.25) is 0 Å². The van der Waals surface area contributed by atoms with Crippen LogP contribution in [0.4, 0.5) is 4.39 Å². The van der Waals surface area contributed by atoms with Gasteiger partial charge >= 0.3 is 0 Å². The lowest BCUT2D eigenvalue weighted by Gasteiger charge is -2.20. The summed E-state index contributed by atoms with van der Waals surface area (Å²) in [4.78, 5) is 0. The van der Waals surface area contributed by atoms with E-state index in [9.17, 15) is 0 Å². The van der Waals surface area contributed by atoms with Crippen LogP contribution >= 0.6 is 34.8 Å². The van der Waals surface area contributed by atoms with Gasteiger partial charge < -0.3 is 18.3 Å². The second kappa shape index (κ2) is 10.5. The molecule has 0 unspecified atom stereocenters. The first-order valence-electron chi connectivity index (χ1n) is 17.0. The first kappa shape index (κ1) is 30.2. The monoisotopic (exact) mass is 734 g/mol. The van der Waals surface area contributed by atoms with E-state index < -0.39 is 5.82 Å². The lowest BCUT2D eigenvalue weighted by Crippen LogP contribution is -2.05. The molecule has 52 heavy (non-hydrogen) atoms. The quantitative estimate of drug-likeness (QED) is 0.124. The summed E-state index contributed by atoms with van der Waals surface area (Å²) in [7, 11) is 4.17. The molecule has 0 radical (unpaired) electrons. The third-order valence-electron chi connectivity index (χ3n) is 11.1. The molecule has 0 aliphatic rings. The Kier molecular flexibility index (Phi) is 6.13. The third-order valence-corrected chi connectivity index (χ3v) is 12.1. The molecule has 0 aliphatic heterocycles. The highest BCUT2D eigenvalue weighted by Gasteiger charge is 2.29. The van der Waals surface area contributed by atoms with Crippen LogP contribution in [0.25, 0.3) is 98.6 Å². The zero-order valence-electron chi connectivity index (χ0n) is 27.8. The molecule has 0 N–H and O–H groups in total. The van der Waals surface area contributed by atoms with Crippen LogP contribution in [0.5, 0.6) is 0 Å². The summed E-state index contributed by atoms with van der Waals surface area (Å²) in [6.07, 6.45) is 0. The second-order valence-corrected chi connectivity index (χ2v) is 14.7. The van der Waals surface area contributed by atoms with E-state index >= 15 is 4.39 Å². The Morgan fingerprint density at radius 2 is 0.673 bits per heavy atom. The van der Waals surface area contributed by atoms with Crippen molar-refractivity contribution < 1.29 is 4.39 Å². The molecule has 4 heterocycles. The van der Waals surface area contributed by atoms with E-state index in [0.29, 0.717) is 11.4 Å². The molecule has 8 heteroatoms. The summed E-state index contributed by atoms with van der Waals surface area (Å²) in [6.45, 7) is 0. The van der Waals surface area contributed by atoms with E-state index in [4.69, 9.17) is 34.8 Å². The van der Waals surface area contributed by atoms with Crippen LogP contribution in [0.1, 0.15) is 0 Å². The van der Waals surface area contributed by atoms with Gasteiger partial charge in [0.15, 0.2) is 5.82 Å². The van der Waals surface area contributed by atoms with Gasteiger partial charge in [0.1, 0.15) is 10.0 Å². The van der Waals surface area contributed by atoms with E-state index in [-0.39, 0.29) is 15.1 Å². The SMILES string of the molecule is Cn1c2ccccc2c2cc3c(cc21)c1ccccc1n3-c1c(Cl)c(F)c(Cl)c(-n2c3ccccc3c3cc4c(cc32)c2ccccc2n4C)c1Cl. The van der Waals surface area contributed by atoms with E-state index in [1.165, 1.54) is 0 Å². The van der Waals surface area contributed by atoms with Crippen molar-refractivity contribution in [3.05, 3.63) is 142 Å². The zero-order chi connectivity index (χ0) is 35.2. The minimum absolute atomic E-state index is 0.142. The largest absolute Gasteiger partial charge is 0.344 e. The molecule has 4 aromatic heterocycles. The molecule has 250 valence electrons. The van der Waals surface area contributed by atoms with Crippen LogP contribution in [-0.4, -0.2) is 18.3 Å². The predicted octanol–water partition coefficient (Wildman–Crippen LogP) is 13.3. The molecular formula is C44H26Cl3FN4. The fraction of sp³-hybridized carbons (Fsp3) is 0.0455. The van der Waals surface area contributed by atoms with Crippen molar-refractivity contribution in [1.82, 2.24) is 18.3 Å². The molecule has 0 amide bonds. The Labute approximate surface area is 310 Å². The lowest BCUT2D eigenvalue weighted by molar-refractivity contribution is 0.627. The van der Waals surface area contributed by atoms with Gasteiger partial charge in [-0.2, -0.15) is 0 Å². The standard InChI is InChI=1S/C44H26Cl3FN4/c1-49-31-15-7-3-11-23(31)27-21-37-29(19-35(27)49)25-13-5-9-17-33(25)51(37)43-39(45)42(48)40(46)44(41(43)47)52-34-18-10-6-14-26(34)30-20-36-28(22-38(30)52)24-12-4-8-16-32(24)50(36)2/h3-22H,1-2H3. The Morgan fingerprint density at radius 3 is 1.08 bits per heavy atom. The topological polar surface area (TPSA) is 19.7 Å². The Hall–Kier alpha value is -5.46. The minimum Gasteiger partial charge on any atom is -0.344 e. The molecule has 0 atom stereocenters. The van der Waals surface area contributed by atoms with Crippen molar-refractivity contribution in [3.8, 4) is 11.4 Å². The van der Waals surface area contributed by atoms with Crippen molar-refractivity contribution in [2.24, 2.45) is 14.1 Å². The maximum Gasteiger partial charge on any atom is 0.164 e. The zero-order valence-corrected chi connectivity index (χ0v) is 30.1. The van der Waals surface area contributed by atoms with Crippen molar-refractivity contribution in [1.29, 1.82) is 0 Å². The van der Waals surface area contributed by atoms with Gasteiger partial charge in [0, 0.05) is 79.3 Å². The Bertz CT molecular complexity index is 3160. The van der Waals surface area contributed by atoms with Gasteiger partial charge in [-0.25, -0.2) is 4.39 Å². The number of rotatable bonds is 2. The molecule has 0 aliphatic carbocycles. The van der Waals surface area contributed by atoms with Gasteiger partial charge in [-0.05, 0) is 48.5 Å². The summed E-state index contributed by atoms with van der Waals surface area (Å²) in [6, 6.07) is 41.7. The highest BCUT2D eigenvalue weighted by atomic mass is 35.5. The summed E-state index contributed by atoms with van der Waals surface area (Å²) < 4.78 is 25.2. The number of hydrogen-bond acceptors (Lipinski definition) is 0. The molecule has 0 bridgehead atoms. The number of halogens is 4. The van der Waals surface area contributed by atoms with Crippen LogP contribution in [-0.2, 0) is 14.1 Å². The molecule has 0 saturated heterocycles. The first-order valence-corrected chi connectivity index (χ1v) is 18.1. The summed E-state index contributed by atoms with van der Waals surface area (Å²) in [5.41, 5.74) is 8.56. The van der Waals surface area contributed by atoms with Crippen LogP contribution in [0, 0.1) is 5.82 Å². The van der Waals surface area contributed by atoms with Crippen molar-refractivity contribution in [2.75, 3.05) is 0 Å². The maximum atomic E-state index is 16.8. The molecule has 11 aromatic rings. The van der Waals surface area contributed by atoms with Crippen LogP contribution in [0.3, 0.4) is 0 Å². The normalized spacial score (nSPS) is 12.4. The number of hydrogen-bond donors (Lipinski definition) is 0. The van der Waals surface area contributed by atoms with Crippen molar-refractivity contribution in [2.45, 2.75) is 0 Å². The highest BCUT2D eigenvalue weighted by Crippen LogP contribution is 2.48. The van der Waals surface area contributed by atoms with Crippen LogP contribution in [0.2, 0.25) is 15.1 Å². The summed E-state index contributed by atoms with van der Waals surface area (Å²) in [5, 5.41) is 8.41. The number of nitrogens with zero attached hydrogens (tertiary/aromatic N) is 4. The van der Waals surface area contributed by atoms with Gasteiger partial charge in [0.2, 0.25) is 0 Å². The van der Waals surface area contributed by atoms with E-state index in [2.05, 4.69) is 83.9 Å². The number of benzene rings is 7.